The molecule has 0 radical (unpaired) electrons. The second kappa shape index (κ2) is 5.04. The molecule has 0 aromatic heterocycles. The summed E-state index contributed by atoms with van der Waals surface area (Å²) in [6.07, 6.45) is 2.72. The fourth-order valence-electron chi connectivity index (χ4n) is 2.50. The summed E-state index contributed by atoms with van der Waals surface area (Å²) < 4.78 is 0. The van der Waals surface area contributed by atoms with E-state index in [0.717, 1.165) is 39.0 Å². The maximum absolute atomic E-state index is 12.1. The molecule has 2 rings (SSSR count). The molecular formula is C12H21N3O2. The lowest BCUT2D eigenvalue weighted by atomic mass is 9.89. The summed E-state index contributed by atoms with van der Waals surface area (Å²) in [7, 11) is 0. The van der Waals surface area contributed by atoms with Crippen molar-refractivity contribution in [1.29, 1.82) is 0 Å². The number of carbonyl (C=O) groups excluding carboxylic acids is 1. The van der Waals surface area contributed by atoms with Gasteiger partial charge in [0.25, 0.3) is 5.91 Å². The van der Waals surface area contributed by atoms with Crippen LogP contribution in [0.4, 0.5) is 0 Å². The van der Waals surface area contributed by atoms with Gasteiger partial charge in [-0.25, -0.2) is 0 Å². The van der Waals surface area contributed by atoms with Crippen LogP contribution < -0.4 is 5.32 Å². The molecule has 2 aliphatic heterocycles. The Kier molecular flexibility index (Phi) is 3.66. The lowest BCUT2D eigenvalue weighted by Crippen LogP contribution is -2.47. The largest absolute Gasteiger partial charge is 0.387 e. The molecule has 5 nitrogen and oxygen atoms in total. The van der Waals surface area contributed by atoms with Crippen LogP contribution in [0.25, 0.3) is 0 Å². The molecule has 17 heavy (non-hydrogen) atoms. The lowest BCUT2D eigenvalue weighted by Gasteiger charge is -2.31. The van der Waals surface area contributed by atoms with Crippen molar-refractivity contribution >= 4 is 11.6 Å². The first-order chi connectivity index (χ1) is 8.21. The SMILES string of the molecule is CCN(CC)C(=O)C1=NOC2(CCCNC2)C1. The zero-order valence-corrected chi connectivity index (χ0v) is 10.7. The second-order valence-corrected chi connectivity index (χ2v) is 4.75. The number of carbonyl (C=O) groups is 1. The molecule has 1 spiro atoms. The average molecular weight is 239 g/mol. The van der Waals surface area contributed by atoms with E-state index in [0.29, 0.717) is 12.1 Å². The first kappa shape index (κ1) is 12.4. The van der Waals surface area contributed by atoms with Crippen LogP contribution >= 0.6 is 0 Å². The van der Waals surface area contributed by atoms with Crippen molar-refractivity contribution in [2.75, 3.05) is 26.2 Å². The Balaban J connectivity index is 1.98. The molecule has 5 heteroatoms. The third-order valence-corrected chi connectivity index (χ3v) is 3.57. The fraction of sp³-hybridized carbons (Fsp3) is 0.833. The molecule has 1 N–H and O–H groups in total. The molecule has 1 saturated heterocycles. The van der Waals surface area contributed by atoms with Gasteiger partial charge in [0.2, 0.25) is 0 Å². The smallest absolute Gasteiger partial charge is 0.271 e. The normalized spacial score (nSPS) is 27.8. The molecular weight excluding hydrogens is 218 g/mol. The topological polar surface area (TPSA) is 53.9 Å². The van der Waals surface area contributed by atoms with E-state index in [1.54, 1.807) is 4.90 Å². The van der Waals surface area contributed by atoms with Crippen molar-refractivity contribution in [3.63, 3.8) is 0 Å². The van der Waals surface area contributed by atoms with Crippen molar-refractivity contribution in [3.05, 3.63) is 0 Å². The van der Waals surface area contributed by atoms with Crippen LogP contribution in [0.5, 0.6) is 0 Å². The summed E-state index contributed by atoms with van der Waals surface area (Å²) in [6.45, 7) is 7.24. The monoisotopic (exact) mass is 239 g/mol. The molecule has 2 heterocycles. The van der Waals surface area contributed by atoms with Gasteiger partial charge in [0.05, 0.1) is 0 Å². The Labute approximate surface area is 102 Å². The number of oxime groups is 1. The molecule has 0 aromatic carbocycles. The molecule has 1 unspecified atom stereocenters. The number of amides is 1. The zero-order chi connectivity index (χ0) is 12.3. The lowest BCUT2D eigenvalue weighted by molar-refractivity contribution is -0.123. The van der Waals surface area contributed by atoms with Crippen molar-refractivity contribution in [1.82, 2.24) is 10.2 Å². The minimum Gasteiger partial charge on any atom is -0.387 e. The van der Waals surface area contributed by atoms with E-state index < -0.39 is 0 Å². The summed E-state index contributed by atoms with van der Waals surface area (Å²) >= 11 is 0. The second-order valence-electron chi connectivity index (χ2n) is 4.75. The number of hydrogen-bond acceptors (Lipinski definition) is 4. The van der Waals surface area contributed by atoms with Gasteiger partial charge in [-0.2, -0.15) is 0 Å². The standard InChI is InChI=1S/C12H21N3O2/c1-3-15(4-2)11(16)10-8-12(17-14-10)6-5-7-13-9-12/h13H,3-9H2,1-2H3. The quantitative estimate of drug-likeness (QED) is 0.791. The van der Waals surface area contributed by atoms with Gasteiger partial charge in [-0.15, -0.1) is 0 Å². The number of piperidine rings is 1. The zero-order valence-electron chi connectivity index (χ0n) is 10.7. The van der Waals surface area contributed by atoms with E-state index in [-0.39, 0.29) is 11.5 Å². The van der Waals surface area contributed by atoms with E-state index in [1.165, 1.54) is 0 Å². The highest BCUT2D eigenvalue weighted by Crippen LogP contribution is 2.30. The molecule has 96 valence electrons. The van der Waals surface area contributed by atoms with Crippen molar-refractivity contribution < 1.29 is 9.63 Å². The van der Waals surface area contributed by atoms with Gasteiger partial charge in [-0.1, -0.05) is 5.16 Å². The van der Waals surface area contributed by atoms with Gasteiger partial charge in [0, 0.05) is 26.1 Å². The molecule has 2 aliphatic rings. The van der Waals surface area contributed by atoms with Gasteiger partial charge in [0.15, 0.2) is 5.60 Å². The third-order valence-electron chi connectivity index (χ3n) is 3.57. The maximum Gasteiger partial charge on any atom is 0.271 e. The van der Waals surface area contributed by atoms with Crippen LogP contribution in [-0.4, -0.2) is 48.3 Å². The predicted octanol–water partition coefficient (Wildman–Crippen LogP) is 0.753. The number of nitrogens with one attached hydrogen (secondary N) is 1. The summed E-state index contributed by atoms with van der Waals surface area (Å²) in [5, 5.41) is 7.33. The van der Waals surface area contributed by atoms with Crippen LogP contribution in [0.3, 0.4) is 0 Å². The minimum atomic E-state index is -0.254. The number of nitrogens with zero attached hydrogens (tertiary/aromatic N) is 2. The highest BCUT2D eigenvalue weighted by atomic mass is 16.7. The highest BCUT2D eigenvalue weighted by molar-refractivity contribution is 6.39. The van der Waals surface area contributed by atoms with Crippen LogP contribution in [0.1, 0.15) is 33.1 Å². The Morgan fingerprint density at radius 3 is 2.88 bits per heavy atom. The molecule has 1 fully saturated rings. The van der Waals surface area contributed by atoms with E-state index in [9.17, 15) is 4.79 Å². The molecule has 1 amide bonds. The van der Waals surface area contributed by atoms with Crippen molar-refractivity contribution in [2.24, 2.45) is 5.16 Å². The maximum atomic E-state index is 12.1. The first-order valence-electron chi connectivity index (χ1n) is 6.46. The minimum absolute atomic E-state index is 0.0254. The number of rotatable bonds is 3. The molecule has 0 saturated carbocycles. The van der Waals surface area contributed by atoms with Crippen LogP contribution in [-0.2, 0) is 9.63 Å². The van der Waals surface area contributed by atoms with E-state index in [2.05, 4.69) is 10.5 Å². The Bertz CT molecular complexity index is 318. The summed E-state index contributed by atoms with van der Waals surface area (Å²) in [6, 6.07) is 0. The Morgan fingerprint density at radius 2 is 2.29 bits per heavy atom. The van der Waals surface area contributed by atoms with Crippen LogP contribution in [0.15, 0.2) is 5.16 Å². The van der Waals surface area contributed by atoms with E-state index >= 15 is 0 Å². The first-order valence-corrected chi connectivity index (χ1v) is 6.46. The summed E-state index contributed by atoms with van der Waals surface area (Å²) in [5.41, 5.74) is 0.327. The number of hydrogen-bond donors (Lipinski definition) is 1. The summed E-state index contributed by atoms with van der Waals surface area (Å²) in [4.78, 5) is 19.4. The van der Waals surface area contributed by atoms with Crippen molar-refractivity contribution in [3.8, 4) is 0 Å². The average Bonchev–Trinajstić information content (AvgIpc) is 2.75. The van der Waals surface area contributed by atoms with E-state index in [1.807, 2.05) is 13.8 Å². The van der Waals surface area contributed by atoms with Crippen molar-refractivity contribution in [2.45, 2.75) is 38.7 Å². The van der Waals surface area contributed by atoms with Crippen LogP contribution in [0, 0.1) is 0 Å². The predicted molar refractivity (Wildman–Crippen MR) is 65.9 cm³/mol. The summed E-state index contributed by atoms with van der Waals surface area (Å²) in [5.74, 6) is 0.0254. The highest BCUT2D eigenvalue weighted by Gasteiger charge is 2.42. The van der Waals surface area contributed by atoms with Gasteiger partial charge >= 0.3 is 0 Å². The van der Waals surface area contributed by atoms with E-state index in [4.69, 9.17) is 4.84 Å². The van der Waals surface area contributed by atoms with Crippen LogP contribution in [0.2, 0.25) is 0 Å². The molecule has 0 bridgehead atoms. The third kappa shape index (κ3) is 2.44. The fourth-order valence-corrected chi connectivity index (χ4v) is 2.50. The molecule has 1 atom stereocenters. The Hall–Kier alpha value is -1.10. The van der Waals surface area contributed by atoms with Gasteiger partial charge in [0.1, 0.15) is 5.71 Å². The molecule has 0 aliphatic carbocycles. The molecule has 0 aromatic rings. The van der Waals surface area contributed by atoms with Gasteiger partial charge in [-0.3, -0.25) is 4.79 Å². The Morgan fingerprint density at radius 1 is 1.53 bits per heavy atom. The van der Waals surface area contributed by atoms with Gasteiger partial charge in [-0.05, 0) is 33.2 Å². The van der Waals surface area contributed by atoms with Gasteiger partial charge < -0.3 is 15.1 Å².